The molecule has 22 heavy (non-hydrogen) atoms. The standard InChI is InChI=1S/C15H17BrN2O4/c1-3-22-14(20)12-10(8-16)18(2)15(21)17-13(12)9-6-4-5-7-11(9)19/h4-7,13,19H,3,8H2,1-2H3,(H,17,21)/t13-/m1/s1. The van der Waals surface area contributed by atoms with E-state index in [1.54, 1.807) is 32.2 Å². The maximum absolute atomic E-state index is 12.4. The van der Waals surface area contributed by atoms with Gasteiger partial charge in [-0.1, -0.05) is 34.1 Å². The van der Waals surface area contributed by atoms with E-state index in [9.17, 15) is 14.7 Å². The van der Waals surface area contributed by atoms with Crippen LogP contribution in [0.25, 0.3) is 0 Å². The SMILES string of the molecule is CCOC(=O)C1=C(CBr)N(C)C(=O)N[C@@H]1c1ccccc1O. The molecule has 0 aromatic heterocycles. The fourth-order valence-corrected chi connectivity index (χ4v) is 3.01. The van der Waals surface area contributed by atoms with Crippen LogP contribution in [0.5, 0.6) is 5.75 Å². The molecule has 0 unspecified atom stereocenters. The third kappa shape index (κ3) is 2.94. The van der Waals surface area contributed by atoms with E-state index in [-0.39, 0.29) is 18.4 Å². The minimum atomic E-state index is -0.753. The van der Waals surface area contributed by atoms with Crippen molar-refractivity contribution in [2.24, 2.45) is 0 Å². The summed E-state index contributed by atoms with van der Waals surface area (Å²) in [5, 5.41) is 13.1. The van der Waals surface area contributed by atoms with Crippen LogP contribution in [0, 0.1) is 0 Å². The summed E-state index contributed by atoms with van der Waals surface area (Å²) in [5.41, 5.74) is 1.27. The Morgan fingerprint density at radius 1 is 1.45 bits per heavy atom. The molecule has 0 aliphatic carbocycles. The van der Waals surface area contributed by atoms with Gasteiger partial charge in [-0.3, -0.25) is 4.90 Å². The zero-order valence-corrected chi connectivity index (χ0v) is 13.9. The number of nitrogens with zero attached hydrogens (tertiary/aromatic N) is 1. The lowest BCUT2D eigenvalue weighted by molar-refractivity contribution is -0.139. The number of carbonyl (C=O) groups excluding carboxylic acids is 2. The van der Waals surface area contributed by atoms with Crippen LogP contribution < -0.4 is 5.32 Å². The smallest absolute Gasteiger partial charge is 0.338 e. The quantitative estimate of drug-likeness (QED) is 0.631. The highest BCUT2D eigenvalue weighted by molar-refractivity contribution is 9.09. The van der Waals surface area contributed by atoms with Crippen molar-refractivity contribution in [2.75, 3.05) is 19.0 Å². The molecule has 1 atom stereocenters. The molecule has 7 heteroatoms. The molecule has 1 aromatic carbocycles. The van der Waals surface area contributed by atoms with E-state index in [4.69, 9.17) is 4.74 Å². The third-order valence-corrected chi connectivity index (χ3v) is 3.98. The van der Waals surface area contributed by atoms with Gasteiger partial charge in [-0.2, -0.15) is 0 Å². The molecule has 0 saturated heterocycles. The first-order valence-corrected chi connectivity index (χ1v) is 7.91. The number of alkyl halides is 1. The van der Waals surface area contributed by atoms with Crippen LogP contribution >= 0.6 is 15.9 Å². The lowest BCUT2D eigenvalue weighted by Crippen LogP contribution is -2.47. The monoisotopic (exact) mass is 368 g/mol. The van der Waals surface area contributed by atoms with Gasteiger partial charge >= 0.3 is 12.0 Å². The molecule has 2 N–H and O–H groups in total. The van der Waals surface area contributed by atoms with Gasteiger partial charge in [-0.25, -0.2) is 9.59 Å². The average molecular weight is 369 g/mol. The number of hydrogen-bond acceptors (Lipinski definition) is 4. The van der Waals surface area contributed by atoms with Crippen LogP contribution in [0.15, 0.2) is 35.5 Å². The lowest BCUT2D eigenvalue weighted by Gasteiger charge is -2.34. The van der Waals surface area contributed by atoms with Crippen LogP contribution in [-0.4, -0.2) is 41.0 Å². The largest absolute Gasteiger partial charge is 0.508 e. The Hall–Kier alpha value is -2.02. The topological polar surface area (TPSA) is 78.9 Å². The molecular formula is C15H17BrN2O4. The Morgan fingerprint density at radius 3 is 2.73 bits per heavy atom. The van der Waals surface area contributed by atoms with Crippen LogP contribution in [-0.2, 0) is 9.53 Å². The number of allylic oxidation sites excluding steroid dienone is 1. The Morgan fingerprint density at radius 2 is 2.14 bits per heavy atom. The number of para-hydroxylation sites is 1. The molecule has 0 bridgehead atoms. The van der Waals surface area contributed by atoms with Crippen LogP contribution in [0.2, 0.25) is 0 Å². The summed E-state index contributed by atoms with van der Waals surface area (Å²) in [4.78, 5) is 25.8. The number of benzene rings is 1. The molecular weight excluding hydrogens is 352 g/mol. The summed E-state index contributed by atoms with van der Waals surface area (Å²) >= 11 is 3.31. The Kier molecular flexibility index (Phi) is 5.07. The molecule has 2 rings (SSSR count). The van der Waals surface area contributed by atoms with E-state index in [0.717, 1.165) is 0 Å². The number of nitrogens with one attached hydrogen (secondary N) is 1. The second-order valence-corrected chi connectivity index (χ2v) is 5.28. The van der Waals surface area contributed by atoms with Crippen molar-refractivity contribution in [3.05, 3.63) is 41.1 Å². The normalized spacial score (nSPS) is 18.2. The molecule has 2 amide bonds. The van der Waals surface area contributed by atoms with Crippen molar-refractivity contribution in [1.29, 1.82) is 0 Å². The molecule has 118 valence electrons. The number of carbonyl (C=O) groups is 2. The summed E-state index contributed by atoms with van der Waals surface area (Å²) in [5.74, 6) is -0.509. The first-order valence-electron chi connectivity index (χ1n) is 6.79. The molecule has 6 nitrogen and oxygen atoms in total. The van der Waals surface area contributed by atoms with Crippen molar-refractivity contribution < 1.29 is 19.4 Å². The van der Waals surface area contributed by atoms with Crippen LogP contribution in [0.4, 0.5) is 4.79 Å². The minimum Gasteiger partial charge on any atom is -0.508 e. The van der Waals surface area contributed by atoms with E-state index in [1.807, 2.05) is 0 Å². The summed E-state index contributed by atoms with van der Waals surface area (Å²) in [6.07, 6.45) is 0. The average Bonchev–Trinajstić information content (AvgIpc) is 2.50. The van der Waals surface area contributed by atoms with Crippen molar-refractivity contribution in [1.82, 2.24) is 10.2 Å². The minimum absolute atomic E-state index is 0.00748. The molecule has 1 aliphatic rings. The zero-order valence-electron chi connectivity index (χ0n) is 12.3. The summed E-state index contributed by atoms with van der Waals surface area (Å²) in [6.45, 7) is 1.94. The van der Waals surface area contributed by atoms with E-state index in [1.165, 1.54) is 11.0 Å². The molecule has 1 aliphatic heterocycles. The van der Waals surface area contributed by atoms with Gasteiger partial charge in [0.05, 0.1) is 18.2 Å². The molecule has 0 saturated carbocycles. The molecule has 0 spiro atoms. The van der Waals surface area contributed by atoms with E-state index in [2.05, 4.69) is 21.2 Å². The summed E-state index contributed by atoms with van der Waals surface area (Å²) in [7, 11) is 1.58. The number of phenols is 1. The molecule has 1 aromatic rings. The van der Waals surface area contributed by atoms with Gasteiger partial charge in [0.25, 0.3) is 0 Å². The van der Waals surface area contributed by atoms with Crippen molar-refractivity contribution >= 4 is 27.9 Å². The van der Waals surface area contributed by atoms with Crippen molar-refractivity contribution in [3.63, 3.8) is 0 Å². The maximum Gasteiger partial charge on any atom is 0.338 e. The number of phenolic OH excluding ortho intramolecular Hbond substituents is 1. The van der Waals surface area contributed by atoms with Gasteiger partial charge in [0.15, 0.2) is 0 Å². The number of hydrogen-bond donors (Lipinski definition) is 2. The Labute approximate surface area is 136 Å². The van der Waals surface area contributed by atoms with Gasteiger partial charge in [-0.05, 0) is 13.0 Å². The van der Waals surface area contributed by atoms with Gasteiger partial charge in [-0.15, -0.1) is 0 Å². The van der Waals surface area contributed by atoms with Gasteiger partial charge < -0.3 is 15.2 Å². The molecule has 0 radical (unpaired) electrons. The predicted molar refractivity (Wildman–Crippen MR) is 84.6 cm³/mol. The van der Waals surface area contributed by atoms with Crippen molar-refractivity contribution in [2.45, 2.75) is 13.0 Å². The third-order valence-electron chi connectivity index (χ3n) is 3.45. The number of aromatic hydroxyl groups is 1. The van der Waals surface area contributed by atoms with Gasteiger partial charge in [0.2, 0.25) is 0 Å². The zero-order chi connectivity index (χ0) is 16.3. The first kappa shape index (κ1) is 16.4. The van der Waals surface area contributed by atoms with Crippen molar-refractivity contribution in [3.8, 4) is 5.75 Å². The maximum atomic E-state index is 12.4. The second kappa shape index (κ2) is 6.83. The molecule has 0 fully saturated rings. The Balaban J connectivity index is 2.59. The highest BCUT2D eigenvalue weighted by Gasteiger charge is 2.37. The number of amides is 2. The number of ether oxygens (including phenoxy) is 1. The first-order chi connectivity index (χ1) is 10.5. The van der Waals surface area contributed by atoms with Gasteiger partial charge in [0, 0.05) is 23.6 Å². The summed E-state index contributed by atoms with van der Waals surface area (Å²) in [6, 6.07) is 5.48. The highest BCUT2D eigenvalue weighted by Crippen LogP contribution is 2.35. The molecule has 1 heterocycles. The fraction of sp³-hybridized carbons (Fsp3) is 0.333. The number of esters is 1. The highest BCUT2D eigenvalue weighted by atomic mass is 79.9. The van der Waals surface area contributed by atoms with E-state index < -0.39 is 12.0 Å². The number of halogens is 1. The lowest BCUT2D eigenvalue weighted by atomic mass is 9.94. The predicted octanol–water partition coefficient (Wildman–Crippen LogP) is 2.30. The summed E-state index contributed by atoms with van der Waals surface area (Å²) < 4.78 is 5.11. The number of urea groups is 1. The second-order valence-electron chi connectivity index (χ2n) is 4.71. The van der Waals surface area contributed by atoms with E-state index in [0.29, 0.717) is 22.2 Å². The Bertz CT molecular complexity index is 630. The number of rotatable bonds is 4. The van der Waals surface area contributed by atoms with E-state index >= 15 is 0 Å². The van der Waals surface area contributed by atoms with Crippen LogP contribution in [0.3, 0.4) is 0 Å². The van der Waals surface area contributed by atoms with Crippen LogP contribution in [0.1, 0.15) is 18.5 Å². The fourth-order valence-electron chi connectivity index (χ4n) is 2.33. The van der Waals surface area contributed by atoms with Gasteiger partial charge in [0.1, 0.15) is 5.75 Å².